The van der Waals surface area contributed by atoms with Gasteiger partial charge in [-0.1, -0.05) is 6.07 Å². The first-order valence-corrected chi connectivity index (χ1v) is 6.27. The van der Waals surface area contributed by atoms with Gasteiger partial charge in [-0.25, -0.2) is 0 Å². The fourth-order valence-corrected chi connectivity index (χ4v) is 2.59. The molecule has 1 aromatic carbocycles. The highest BCUT2D eigenvalue weighted by Crippen LogP contribution is 2.32. The number of hydrogen-bond acceptors (Lipinski definition) is 3. The number of nitrogens with zero attached hydrogens (tertiary/aromatic N) is 1. The number of hydrogen-bond donors (Lipinski definition) is 2. The number of phenolic OH excluding ortho intramolecular Hbond substituents is 1. The van der Waals surface area contributed by atoms with E-state index in [4.69, 9.17) is 10.7 Å². The predicted octanol–water partition coefficient (Wildman–Crippen LogP) is 2.44. The van der Waals surface area contributed by atoms with Crippen molar-refractivity contribution in [2.75, 3.05) is 6.54 Å². The second kappa shape index (κ2) is 4.42. The van der Waals surface area contributed by atoms with Crippen molar-refractivity contribution >= 4 is 0 Å². The number of aromatic hydroxyl groups is 1. The van der Waals surface area contributed by atoms with E-state index in [1.54, 1.807) is 12.1 Å². The smallest absolute Gasteiger partial charge is 0.115 e. The van der Waals surface area contributed by atoms with Gasteiger partial charge in [0, 0.05) is 11.3 Å². The van der Waals surface area contributed by atoms with Crippen LogP contribution in [0.2, 0.25) is 0 Å². The quantitative estimate of drug-likeness (QED) is 0.847. The molecule has 3 rings (SSSR count). The molecule has 3 nitrogen and oxygen atoms in total. The Balaban J connectivity index is 1.98. The summed E-state index contributed by atoms with van der Waals surface area (Å²) in [5.74, 6) is 0.754. The molecule has 92 valence electrons. The van der Waals surface area contributed by atoms with Crippen LogP contribution in [0.25, 0.3) is 11.3 Å². The molecular formula is C15H16N2O. The van der Waals surface area contributed by atoms with Crippen molar-refractivity contribution < 1.29 is 5.11 Å². The van der Waals surface area contributed by atoms with Crippen molar-refractivity contribution in [3.8, 4) is 17.0 Å². The molecule has 1 aliphatic carbocycles. The lowest BCUT2D eigenvalue weighted by Gasteiger charge is -2.08. The molecule has 1 heterocycles. The van der Waals surface area contributed by atoms with Gasteiger partial charge < -0.3 is 10.8 Å². The molecule has 0 aliphatic heterocycles. The number of phenols is 1. The van der Waals surface area contributed by atoms with Crippen molar-refractivity contribution in [3.05, 3.63) is 47.7 Å². The molecule has 2 aromatic rings. The third-order valence-corrected chi connectivity index (χ3v) is 3.63. The van der Waals surface area contributed by atoms with E-state index in [-0.39, 0.29) is 5.75 Å². The van der Waals surface area contributed by atoms with Gasteiger partial charge in [0.15, 0.2) is 0 Å². The summed E-state index contributed by atoms with van der Waals surface area (Å²) in [7, 11) is 0. The average molecular weight is 240 g/mol. The Morgan fingerprint density at radius 1 is 1.17 bits per heavy atom. The van der Waals surface area contributed by atoms with E-state index in [1.165, 1.54) is 11.3 Å². The van der Waals surface area contributed by atoms with Crippen LogP contribution in [-0.4, -0.2) is 16.6 Å². The van der Waals surface area contributed by atoms with Gasteiger partial charge in [0.1, 0.15) is 5.75 Å². The first-order chi connectivity index (χ1) is 8.78. The number of fused-ring (bicyclic) bond motifs is 1. The van der Waals surface area contributed by atoms with Gasteiger partial charge in [0.2, 0.25) is 0 Å². The van der Waals surface area contributed by atoms with E-state index in [9.17, 15) is 5.11 Å². The van der Waals surface area contributed by atoms with Crippen LogP contribution in [0, 0.1) is 0 Å². The number of aryl methyl sites for hydroxylation is 1. The van der Waals surface area contributed by atoms with Crippen LogP contribution in [0.1, 0.15) is 23.6 Å². The van der Waals surface area contributed by atoms with Gasteiger partial charge in [-0.05, 0) is 61.2 Å². The molecule has 1 unspecified atom stereocenters. The molecule has 3 N–H and O–H groups in total. The standard InChI is InChI=1S/C15H16N2O/c16-9-11-3-7-15-13(11)6-8-14(17-15)10-1-4-12(18)5-2-10/h1-2,4-6,8,11,18H,3,7,9,16H2. The molecule has 0 saturated carbocycles. The number of pyridine rings is 1. The van der Waals surface area contributed by atoms with Crippen molar-refractivity contribution in [3.63, 3.8) is 0 Å². The molecular weight excluding hydrogens is 224 g/mol. The van der Waals surface area contributed by atoms with Crippen molar-refractivity contribution in [1.29, 1.82) is 0 Å². The van der Waals surface area contributed by atoms with Crippen molar-refractivity contribution in [2.24, 2.45) is 5.73 Å². The number of benzene rings is 1. The molecule has 1 aromatic heterocycles. The third kappa shape index (κ3) is 1.87. The highest BCUT2D eigenvalue weighted by Gasteiger charge is 2.22. The van der Waals surface area contributed by atoms with Crippen LogP contribution in [0.15, 0.2) is 36.4 Å². The number of aromatic nitrogens is 1. The molecule has 0 bridgehead atoms. The highest BCUT2D eigenvalue weighted by atomic mass is 16.3. The van der Waals surface area contributed by atoms with Gasteiger partial charge >= 0.3 is 0 Å². The maximum Gasteiger partial charge on any atom is 0.115 e. The van der Waals surface area contributed by atoms with Crippen LogP contribution < -0.4 is 5.73 Å². The lowest BCUT2D eigenvalue weighted by molar-refractivity contribution is 0.475. The van der Waals surface area contributed by atoms with E-state index in [0.717, 1.165) is 24.1 Å². The summed E-state index contributed by atoms with van der Waals surface area (Å²) in [6.45, 7) is 0.702. The summed E-state index contributed by atoms with van der Waals surface area (Å²) in [4.78, 5) is 4.71. The maximum absolute atomic E-state index is 9.29. The first-order valence-electron chi connectivity index (χ1n) is 6.27. The summed E-state index contributed by atoms with van der Waals surface area (Å²) in [5.41, 5.74) is 10.2. The van der Waals surface area contributed by atoms with Crippen molar-refractivity contribution in [2.45, 2.75) is 18.8 Å². The van der Waals surface area contributed by atoms with Crippen LogP contribution in [0.3, 0.4) is 0 Å². The summed E-state index contributed by atoms with van der Waals surface area (Å²) in [6.07, 6.45) is 2.13. The average Bonchev–Trinajstić information content (AvgIpc) is 2.81. The maximum atomic E-state index is 9.29. The molecule has 0 spiro atoms. The molecule has 0 radical (unpaired) electrons. The van der Waals surface area contributed by atoms with Crippen LogP contribution in [0.5, 0.6) is 5.75 Å². The van der Waals surface area contributed by atoms with Gasteiger partial charge in [-0.3, -0.25) is 4.98 Å². The van der Waals surface area contributed by atoms with E-state index >= 15 is 0 Å². The monoisotopic (exact) mass is 240 g/mol. The minimum Gasteiger partial charge on any atom is -0.508 e. The van der Waals surface area contributed by atoms with E-state index in [0.29, 0.717) is 12.5 Å². The second-order valence-corrected chi connectivity index (χ2v) is 4.75. The lowest BCUT2D eigenvalue weighted by atomic mass is 10.0. The second-order valence-electron chi connectivity index (χ2n) is 4.75. The topological polar surface area (TPSA) is 59.1 Å². The van der Waals surface area contributed by atoms with Gasteiger partial charge in [-0.15, -0.1) is 0 Å². The summed E-state index contributed by atoms with van der Waals surface area (Å²) < 4.78 is 0. The fraction of sp³-hybridized carbons (Fsp3) is 0.267. The summed E-state index contributed by atoms with van der Waals surface area (Å²) in [5, 5.41) is 9.29. The first kappa shape index (κ1) is 11.2. The molecule has 18 heavy (non-hydrogen) atoms. The Hall–Kier alpha value is -1.87. The lowest BCUT2D eigenvalue weighted by Crippen LogP contribution is -2.09. The summed E-state index contributed by atoms with van der Waals surface area (Å²) >= 11 is 0. The molecule has 0 saturated heterocycles. The Morgan fingerprint density at radius 2 is 1.94 bits per heavy atom. The Labute approximate surface area is 106 Å². The van der Waals surface area contributed by atoms with Gasteiger partial charge in [0.25, 0.3) is 0 Å². The number of nitrogens with two attached hydrogens (primary N) is 1. The molecule has 0 amide bonds. The van der Waals surface area contributed by atoms with Gasteiger partial charge in [-0.2, -0.15) is 0 Å². The third-order valence-electron chi connectivity index (χ3n) is 3.63. The Morgan fingerprint density at radius 3 is 2.67 bits per heavy atom. The highest BCUT2D eigenvalue weighted by molar-refractivity contribution is 5.61. The number of rotatable bonds is 2. The van der Waals surface area contributed by atoms with Crippen LogP contribution in [-0.2, 0) is 6.42 Å². The van der Waals surface area contributed by atoms with E-state index < -0.39 is 0 Å². The minimum atomic E-state index is 0.281. The normalized spacial score (nSPS) is 17.7. The SMILES string of the molecule is NCC1CCc2nc(-c3ccc(O)cc3)ccc21. The van der Waals surface area contributed by atoms with Crippen LogP contribution >= 0.6 is 0 Å². The molecule has 3 heteroatoms. The minimum absolute atomic E-state index is 0.281. The fourth-order valence-electron chi connectivity index (χ4n) is 2.59. The largest absolute Gasteiger partial charge is 0.508 e. The van der Waals surface area contributed by atoms with Crippen LogP contribution in [0.4, 0.5) is 0 Å². The zero-order valence-corrected chi connectivity index (χ0v) is 10.1. The van der Waals surface area contributed by atoms with Crippen molar-refractivity contribution in [1.82, 2.24) is 4.98 Å². The van der Waals surface area contributed by atoms with E-state index in [2.05, 4.69) is 6.07 Å². The molecule has 1 atom stereocenters. The Bertz CT molecular complexity index is 563. The molecule has 1 aliphatic rings. The van der Waals surface area contributed by atoms with Gasteiger partial charge in [0.05, 0.1) is 5.69 Å². The Kier molecular flexibility index (Phi) is 2.76. The van der Waals surface area contributed by atoms with E-state index in [1.807, 2.05) is 18.2 Å². The predicted molar refractivity (Wildman–Crippen MR) is 71.5 cm³/mol. The zero-order chi connectivity index (χ0) is 12.5. The zero-order valence-electron chi connectivity index (χ0n) is 10.1. The summed E-state index contributed by atoms with van der Waals surface area (Å²) in [6, 6.07) is 11.3. The molecule has 0 fully saturated rings.